The van der Waals surface area contributed by atoms with Gasteiger partial charge < -0.3 is 4.74 Å². The van der Waals surface area contributed by atoms with Gasteiger partial charge in [0.25, 0.3) is 0 Å². The Morgan fingerprint density at radius 1 is 1.19 bits per heavy atom. The standard InChI is InChI=1S/C15H22O/c1-15(2,3)13-8-6-12(7-9-13)11-14-5-4-10-16-14/h6-9,14H,4-5,10-11H2,1-3H3. The van der Waals surface area contributed by atoms with Gasteiger partial charge in [0.05, 0.1) is 6.10 Å². The van der Waals surface area contributed by atoms with Crippen LogP contribution in [0.4, 0.5) is 0 Å². The van der Waals surface area contributed by atoms with Gasteiger partial charge in [0, 0.05) is 6.61 Å². The number of rotatable bonds is 2. The van der Waals surface area contributed by atoms with E-state index in [-0.39, 0.29) is 5.41 Å². The quantitative estimate of drug-likeness (QED) is 0.735. The molecule has 0 bridgehead atoms. The average molecular weight is 218 g/mol. The third-order valence-corrected chi connectivity index (χ3v) is 3.31. The molecule has 1 aliphatic rings. The van der Waals surface area contributed by atoms with Gasteiger partial charge in [0.2, 0.25) is 0 Å². The highest BCUT2D eigenvalue weighted by Crippen LogP contribution is 2.23. The van der Waals surface area contributed by atoms with Gasteiger partial charge in [-0.1, -0.05) is 45.0 Å². The lowest BCUT2D eigenvalue weighted by Crippen LogP contribution is -2.12. The Morgan fingerprint density at radius 2 is 1.88 bits per heavy atom. The van der Waals surface area contributed by atoms with E-state index in [4.69, 9.17) is 4.74 Å². The summed E-state index contributed by atoms with van der Waals surface area (Å²) in [6.45, 7) is 7.71. The summed E-state index contributed by atoms with van der Waals surface area (Å²) >= 11 is 0. The van der Waals surface area contributed by atoms with E-state index in [0.717, 1.165) is 13.0 Å². The zero-order valence-electron chi connectivity index (χ0n) is 10.6. The van der Waals surface area contributed by atoms with Crippen molar-refractivity contribution in [1.29, 1.82) is 0 Å². The highest BCUT2D eigenvalue weighted by atomic mass is 16.5. The summed E-state index contributed by atoms with van der Waals surface area (Å²) in [5, 5.41) is 0. The molecule has 0 saturated carbocycles. The molecule has 2 rings (SSSR count). The van der Waals surface area contributed by atoms with Crippen LogP contribution >= 0.6 is 0 Å². The van der Waals surface area contributed by atoms with Crippen molar-refractivity contribution in [3.8, 4) is 0 Å². The molecule has 0 N–H and O–H groups in total. The van der Waals surface area contributed by atoms with E-state index >= 15 is 0 Å². The first kappa shape index (κ1) is 11.7. The maximum Gasteiger partial charge on any atom is 0.0616 e. The molecule has 1 fully saturated rings. The average Bonchev–Trinajstić information content (AvgIpc) is 2.70. The van der Waals surface area contributed by atoms with Crippen molar-refractivity contribution in [3.05, 3.63) is 35.4 Å². The minimum atomic E-state index is 0.252. The molecule has 1 atom stereocenters. The van der Waals surface area contributed by atoms with Crippen molar-refractivity contribution in [1.82, 2.24) is 0 Å². The second-order valence-corrected chi connectivity index (χ2v) is 5.79. The zero-order chi connectivity index (χ0) is 11.6. The summed E-state index contributed by atoms with van der Waals surface area (Å²) in [6, 6.07) is 9.01. The molecule has 1 aromatic carbocycles. The van der Waals surface area contributed by atoms with E-state index in [2.05, 4.69) is 45.0 Å². The van der Waals surface area contributed by atoms with Crippen molar-refractivity contribution in [3.63, 3.8) is 0 Å². The normalized spacial score (nSPS) is 21.3. The summed E-state index contributed by atoms with van der Waals surface area (Å²) < 4.78 is 5.65. The molecule has 1 unspecified atom stereocenters. The van der Waals surface area contributed by atoms with Crippen LogP contribution in [0, 0.1) is 0 Å². The van der Waals surface area contributed by atoms with Crippen LogP contribution in [0.2, 0.25) is 0 Å². The van der Waals surface area contributed by atoms with Gasteiger partial charge in [-0.05, 0) is 35.8 Å². The smallest absolute Gasteiger partial charge is 0.0616 e. The summed E-state index contributed by atoms with van der Waals surface area (Å²) in [4.78, 5) is 0. The molecule has 0 amide bonds. The Balaban J connectivity index is 2.01. The molecule has 1 aliphatic heterocycles. The molecular formula is C15H22O. The molecule has 16 heavy (non-hydrogen) atoms. The fourth-order valence-electron chi connectivity index (χ4n) is 2.21. The predicted octanol–water partition coefficient (Wildman–Crippen LogP) is 3.71. The van der Waals surface area contributed by atoms with Crippen LogP contribution in [-0.2, 0) is 16.6 Å². The second-order valence-electron chi connectivity index (χ2n) is 5.79. The predicted molar refractivity (Wildman–Crippen MR) is 67.8 cm³/mol. The lowest BCUT2D eigenvalue weighted by molar-refractivity contribution is 0.111. The SMILES string of the molecule is CC(C)(C)c1ccc(CC2CCCO2)cc1. The lowest BCUT2D eigenvalue weighted by atomic mass is 9.86. The van der Waals surface area contributed by atoms with Crippen LogP contribution in [0.3, 0.4) is 0 Å². The summed E-state index contributed by atoms with van der Waals surface area (Å²) in [7, 11) is 0. The maximum atomic E-state index is 5.65. The highest BCUT2D eigenvalue weighted by Gasteiger charge is 2.17. The van der Waals surface area contributed by atoms with Gasteiger partial charge in [0.1, 0.15) is 0 Å². The molecule has 0 spiro atoms. The van der Waals surface area contributed by atoms with E-state index in [0.29, 0.717) is 6.10 Å². The summed E-state index contributed by atoms with van der Waals surface area (Å²) in [5.74, 6) is 0. The monoisotopic (exact) mass is 218 g/mol. The Morgan fingerprint density at radius 3 is 2.38 bits per heavy atom. The summed E-state index contributed by atoms with van der Waals surface area (Å²) in [6.07, 6.45) is 3.98. The summed E-state index contributed by atoms with van der Waals surface area (Å²) in [5.41, 5.74) is 3.06. The van der Waals surface area contributed by atoms with Crippen LogP contribution in [0.1, 0.15) is 44.7 Å². The van der Waals surface area contributed by atoms with Crippen molar-refractivity contribution in [2.24, 2.45) is 0 Å². The highest BCUT2D eigenvalue weighted by molar-refractivity contribution is 5.27. The van der Waals surface area contributed by atoms with Gasteiger partial charge in [0.15, 0.2) is 0 Å². The minimum Gasteiger partial charge on any atom is -0.378 e. The minimum absolute atomic E-state index is 0.252. The second kappa shape index (κ2) is 4.58. The van der Waals surface area contributed by atoms with Crippen LogP contribution in [0.5, 0.6) is 0 Å². The Hall–Kier alpha value is -0.820. The van der Waals surface area contributed by atoms with E-state index in [1.54, 1.807) is 0 Å². The van der Waals surface area contributed by atoms with Crippen LogP contribution in [0.15, 0.2) is 24.3 Å². The van der Waals surface area contributed by atoms with E-state index in [9.17, 15) is 0 Å². The van der Waals surface area contributed by atoms with Crippen molar-refractivity contribution in [2.75, 3.05) is 6.61 Å². The van der Waals surface area contributed by atoms with E-state index in [1.807, 2.05) is 0 Å². The van der Waals surface area contributed by atoms with Crippen molar-refractivity contribution in [2.45, 2.75) is 51.6 Å². The number of hydrogen-bond donors (Lipinski definition) is 0. The van der Waals surface area contributed by atoms with Crippen LogP contribution < -0.4 is 0 Å². The molecule has 1 aromatic rings. The molecule has 1 saturated heterocycles. The third-order valence-electron chi connectivity index (χ3n) is 3.31. The van der Waals surface area contributed by atoms with Crippen LogP contribution in [0.25, 0.3) is 0 Å². The maximum absolute atomic E-state index is 5.65. The molecular weight excluding hydrogens is 196 g/mol. The number of benzene rings is 1. The Labute approximate surface area is 98.8 Å². The molecule has 0 radical (unpaired) electrons. The van der Waals surface area contributed by atoms with Gasteiger partial charge in [-0.2, -0.15) is 0 Å². The first-order chi connectivity index (χ1) is 7.55. The number of ether oxygens (including phenoxy) is 1. The van der Waals surface area contributed by atoms with Gasteiger partial charge in [-0.15, -0.1) is 0 Å². The zero-order valence-corrected chi connectivity index (χ0v) is 10.6. The van der Waals surface area contributed by atoms with Gasteiger partial charge in [-0.3, -0.25) is 0 Å². The van der Waals surface area contributed by atoms with Gasteiger partial charge in [-0.25, -0.2) is 0 Å². The first-order valence-electron chi connectivity index (χ1n) is 6.27. The Kier molecular flexibility index (Phi) is 3.34. The first-order valence-corrected chi connectivity index (χ1v) is 6.27. The fourth-order valence-corrected chi connectivity index (χ4v) is 2.21. The molecule has 1 heterocycles. The largest absolute Gasteiger partial charge is 0.378 e. The van der Waals surface area contributed by atoms with Crippen LogP contribution in [-0.4, -0.2) is 12.7 Å². The Bertz CT molecular complexity index is 325. The molecule has 1 nitrogen and oxygen atoms in total. The van der Waals surface area contributed by atoms with Crippen molar-refractivity contribution < 1.29 is 4.74 Å². The number of hydrogen-bond acceptors (Lipinski definition) is 1. The fraction of sp³-hybridized carbons (Fsp3) is 0.600. The molecule has 1 heteroatoms. The van der Waals surface area contributed by atoms with E-state index in [1.165, 1.54) is 24.0 Å². The lowest BCUT2D eigenvalue weighted by Gasteiger charge is -2.19. The van der Waals surface area contributed by atoms with Gasteiger partial charge >= 0.3 is 0 Å². The van der Waals surface area contributed by atoms with E-state index < -0.39 is 0 Å². The topological polar surface area (TPSA) is 9.23 Å². The molecule has 0 aromatic heterocycles. The van der Waals surface area contributed by atoms with Crippen molar-refractivity contribution >= 4 is 0 Å². The molecule has 0 aliphatic carbocycles. The molecule has 88 valence electrons. The third kappa shape index (κ3) is 2.85.